The zero-order chi connectivity index (χ0) is 19.0. The molecule has 5 nitrogen and oxygen atoms in total. The second-order valence-electron chi connectivity index (χ2n) is 7.16. The summed E-state index contributed by atoms with van der Waals surface area (Å²) in [5.41, 5.74) is 4.88. The molecule has 1 atom stereocenters. The molecular formula is C22H25N3O2. The number of benzene rings is 1. The minimum Gasteiger partial charge on any atom is -0.493 e. The summed E-state index contributed by atoms with van der Waals surface area (Å²) in [6.07, 6.45) is 6.80. The van der Waals surface area contributed by atoms with Crippen molar-refractivity contribution in [3.63, 3.8) is 0 Å². The van der Waals surface area contributed by atoms with E-state index in [2.05, 4.69) is 13.8 Å². The van der Waals surface area contributed by atoms with Crippen molar-refractivity contribution in [1.29, 1.82) is 0 Å². The van der Waals surface area contributed by atoms with E-state index in [1.807, 2.05) is 52.0 Å². The average molecular weight is 363 g/mol. The van der Waals surface area contributed by atoms with Crippen LogP contribution in [-0.4, -0.2) is 27.9 Å². The number of imidazole rings is 1. The highest BCUT2D eigenvalue weighted by molar-refractivity contribution is 5.95. The minimum absolute atomic E-state index is 0.0744. The number of nitrogens with zero attached hydrogens (tertiary/aromatic N) is 3. The van der Waals surface area contributed by atoms with Crippen LogP contribution in [0.3, 0.4) is 0 Å². The highest BCUT2D eigenvalue weighted by atomic mass is 16.5. The Morgan fingerprint density at radius 1 is 1.30 bits per heavy atom. The van der Waals surface area contributed by atoms with E-state index >= 15 is 0 Å². The van der Waals surface area contributed by atoms with Gasteiger partial charge < -0.3 is 14.0 Å². The van der Waals surface area contributed by atoms with Crippen molar-refractivity contribution >= 4 is 17.2 Å². The number of hydrogen-bond donors (Lipinski definition) is 0. The van der Waals surface area contributed by atoms with Crippen LogP contribution in [0.1, 0.15) is 39.2 Å². The predicted octanol–water partition coefficient (Wildman–Crippen LogP) is 4.48. The first-order chi connectivity index (χ1) is 13.1. The Morgan fingerprint density at radius 2 is 2.15 bits per heavy atom. The van der Waals surface area contributed by atoms with E-state index in [-0.39, 0.29) is 11.9 Å². The number of ether oxygens (including phenoxy) is 1. The van der Waals surface area contributed by atoms with Gasteiger partial charge in [0, 0.05) is 36.5 Å². The number of carbonyl (C=O) groups excluding carboxylic acids is 1. The molecule has 0 saturated heterocycles. The van der Waals surface area contributed by atoms with E-state index in [0.29, 0.717) is 6.61 Å². The Hall–Kier alpha value is -2.82. The molecule has 1 aliphatic heterocycles. The summed E-state index contributed by atoms with van der Waals surface area (Å²) in [5.74, 6) is 0.946. The van der Waals surface area contributed by atoms with Crippen LogP contribution < -0.4 is 9.64 Å². The lowest BCUT2D eigenvalue weighted by Crippen LogP contribution is -2.40. The van der Waals surface area contributed by atoms with Gasteiger partial charge in [0.1, 0.15) is 11.4 Å². The van der Waals surface area contributed by atoms with Gasteiger partial charge in [0.2, 0.25) is 5.91 Å². The molecule has 5 heteroatoms. The molecule has 1 unspecified atom stereocenters. The predicted molar refractivity (Wildman–Crippen MR) is 107 cm³/mol. The highest BCUT2D eigenvalue weighted by Crippen LogP contribution is 2.42. The van der Waals surface area contributed by atoms with Crippen LogP contribution in [0.25, 0.3) is 16.9 Å². The summed E-state index contributed by atoms with van der Waals surface area (Å²) in [6.45, 7) is 6.48. The molecule has 1 aliphatic rings. The molecule has 27 heavy (non-hydrogen) atoms. The number of hydrogen-bond acceptors (Lipinski definition) is 3. The van der Waals surface area contributed by atoms with Gasteiger partial charge in [-0.25, -0.2) is 4.98 Å². The van der Waals surface area contributed by atoms with Crippen LogP contribution in [0.4, 0.5) is 5.69 Å². The van der Waals surface area contributed by atoms with E-state index < -0.39 is 0 Å². The number of anilines is 1. The van der Waals surface area contributed by atoms with Crippen molar-refractivity contribution < 1.29 is 9.53 Å². The molecule has 0 bridgehead atoms. The van der Waals surface area contributed by atoms with E-state index in [4.69, 9.17) is 9.72 Å². The van der Waals surface area contributed by atoms with Crippen LogP contribution in [0.2, 0.25) is 0 Å². The summed E-state index contributed by atoms with van der Waals surface area (Å²) in [4.78, 5) is 18.9. The minimum atomic E-state index is 0.0744. The maximum Gasteiger partial charge on any atom is 0.224 e. The quantitative estimate of drug-likeness (QED) is 0.687. The average Bonchev–Trinajstić information content (AvgIpc) is 3.09. The Kier molecular flexibility index (Phi) is 4.60. The lowest BCUT2D eigenvalue weighted by atomic mass is 9.93. The molecule has 1 aromatic carbocycles. The van der Waals surface area contributed by atoms with Gasteiger partial charge in [0.25, 0.3) is 0 Å². The van der Waals surface area contributed by atoms with E-state index in [0.717, 1.165) is 53.2 Å². The number of carbonyl (C=O) groups is 1. The van der Waals surface area contributed by atoms with Gasteiger partial charge in [-0.2, -0.15) is 0 Å². The van der Waals surface area contributed by atoms with E-state index in [1.54, 1.807) is 6.92 Å². The van der Waals surface area contributed by atoms with Crippen molar-refractivity contribution in [3.8, 4) is 17.0 Å². The molecule has 0 saturated carbocycles. The molecule has 0 radical (unpaired) electrons. The van der Waals surface area contributed by atoms with Crippen molar-refractivity contribution in [2.75, 3.05) is 11.5 Å². The van der Waals surface area contributed by atoms with Gasteiger partial charge in [0.15, 0.2) is 0 Å². The summed E-state index contributed by atoms with van der Waals surface area (Å²) < 4.78 is 8.23. The zero-order valence-electron chi connectivity index (χ0n) is 16.1. The second-order valence-corrected chi connectivity index (χ2v) is 7.16. The third kappa shape index (κ3) is 3.07. The first-order valence-corrected chi connectivity index (χ1v) is 9.62. The highest BCUT2D eigenvalue weighted by Gasteiger charge is 2.30. The summed E-state index contributed by atoms with van der Waals surface area (Å²) in [7, 11) is 0. The smallest absolute Gasteiger partial charge is 0.224 e. The zero-order valence-corrected chi connectivity index (χ0v) is 16.1. The Labute approximate surface area is 159 Å². The fourth-order valence-corrected chi connectivity index (χ4v) is 3.92. The molecular weight excluding hydrogens is 338 g/mol. The molecule has 3 aromatic rings. The standard InChI is InChI=1S/C22H25N3O2/c1-4-13-27-22-17(19-14-24-12-6-5-7-21(24)23-19)10-11-20-18(22)9-8-15(2)25(20)16(3)26/h5-7,10-12,14-15H,4,8-9,13H2,1-3H3. The maximum absolute atomic E-state index is 12.2. The fourth-order valence-electron chi connectivity index (χ4n) is 3.92. The third-order valence-corrected chi connectivity index (χ3v) is 5.18. The second kappa shape index (κ2) is 7.06. The lowest BCUT2D eigenvalue weighted by Gasteiger charge is -2.35. The third-order valence-electron chi connectivity index (χ3n) is 5.18. The van der Waals surface area contributed by atoms with Gasteiger partial charge in [-0.15, -0.1) is 0 Å². The summed E-state index contributed by atoms with van der Waals surface area (Å²) in [6, 6.07) is 10.3. The van der Waals surface area contributed by atoms with Crippen molar-refractivity contribution in [1.82, 2.24) is 9.38 Å². The van der Waals surface area contributed by atoms with Crippen LogP contribution in [0.15, 0.2) is 42.7 Å². The Bertz CT molecular complexity index is 959. The number of fused-ring (bicyclic) bond motifs is 2. The van der Waals surface area contributed by atoms with Gasteiger partial charge in [-0.3, -0.25) is 4.79 Å². The van der Waals surface area contributed by atoms with Crippen molar-refractivity contribution in [3.05, 3.63) is 48.3 Å². The molecule has 2 aromatic heterocycles. The normalized spacial score (nSPS) is 16.4. The maximum atomic E-state index is 12.2. The van der Waals surface area contributed by atoms with Crippen LogP contribution in [0, 0.1) is 0 Å². The Balaban J connectivity index is 1.88. The first kappa shape index (κ1) is 17.6. The molecule has 0 N–H and O–H groups in total. The summed E-state index contributed by atoms with van der Waals surface area (Å²) in [5, 5.41) is 0. The largest absolute Gasteiger partial charge is 0.493 e. The molecule has 0 fully saturated rings. The van der Waals surface area contributed by atoms with Crippen LogP contribution in [0.5, 0.6) is 5.75 Å². The molecule has 0 aliphatic carbocycles. The van der Waals surface area contributed by atoms with Crippen molar-refractivity contribution in [2.24, 2.45) is 0 Å². The lowest BCUT2D eigenvalue weighted by molar-refractivity contribution is -0.117. The summed E-state index contributed by atoms with van der Waals surface area (Å²) >= 11 is 0. The van der Waals surface area contributed by atoms with Gasteiger partial charge in [-0.1, -0.05) is 13.0 Å². The molecule has 140 valence electrons. The monoisotopic (exact) mass is 363 g/mol. The fraction of sp³-hybridized carbons (Fsp3) is 0.364. The topological polar surface area (TPSA) is 46.8 Å². The van der Waals surface area contributed by atoms with Gasteiger partial charge in [-0.05, 0) is 50.5 Å². The number of pyridine rings is 1. The van der Waals surface area contributed by atoms with Crippen molar-refractivity contribution in [2.45, 2.75) is 46.1 Å². The molecule has 3 heterocycles. The van der Waals surface area contributed by atoms with Crippen LogP contribution in [-0.2, 0) is 11.2 Å². The molecule has 1 amide bonds. The van der Waals surface area contributed by atoms with E-state index in [9.17, 15) is 4.79 Å². The molecule has 4 rings (SSSR count). The Morgan fingerprint density at radius 3 is 2.89 bits per heavy atom. The van der Waals surface area contributed by atoms with Gasteiger partial charge in [0.05, 0.1) is 18.0 Å². The SMILES string of the molecule is CCCOc1c(-c2cn3ccccc3n2)ccc2c1CCC(C)N2C(C)=O. The first-order valence-electron chi connectivity index (χ1n) is 9.62. The number of rotatable bonds is 4. The van der Waals surface area contributed by atoms with Gasteiger partial charge >= 0.3 is 0 Å². The molecule has 0 spiro atoms. The van der Waals surface area contributed by atoms with Crippen LogP contribution >= 0.6 is 0 Å². The number of aromatic nitrogens is 2. The van der Waals surface area contributed by atoms with E-state index in [1.165, 1.54) is 0 Å². The number of amides is 1.